The molecule has 0 unspecified atom stereocenters. The largest absolute Gasteiger partial charge is 0.489 e. The Morgan fingerprint density at radius 1 is 1.14 bits per heavy atom. The Morgan fingerprint density at radius 2 is 1.90 bits per heavy atom. The number of rotatable bonds is 6. The van der Waals surface area contributed by atoms with Crippen LogP contribution in [0.1, 0.15) is 12.5 Å². The van der Waals surface area contributed by atoms with Crippen molar-refractivity contribution in [3.05, 3.63) is 60.2 Å². The summed E-state index contributed by atoms with van der Waals surface area (Å²) in [4.78, 5) is 11.8. The van der Waals surface area contributed by atoms with Gasteiger partial charge in [0.05, 0.1) is 6.04 Å². The molecule has 1 amide bonds. The summed E-state index contributed by atoms with van der Waals surface area (Å²) in [5.41, 5.74) is 1.84. The predicted octanol–water partition coefficient (Wildman–Crippen LogP) is 2.81. The Balaban J connectivity index is 1.96. The first-order chi connectivity index (χ1) is 10.2. The van der Waals surface area contributed by atoms with Gasteiger partial charge in [-0.1, -0.05) is 36.4 Å². The van der Waals surface area contributed by atoms with Gasteiger partial charge in [0.1, 0.15) is 12.4 Å². The molecule has 0 aliphatic rings. The van der Waals surface area contributed by atoms with Crippen molar-refractivity contribution in [2.45, 2.75) is 19.6 Å². The van der Waals surface area contributed by atoms with Gasteiger partial charge in [0, 0.05) is 11.8 Å². The van der Waals surface area contributed by atoms with E-state index in [1.165, 1.54) is 0 Å². The van der Waals surface area contributed by atoms with Crippen LogP contribution in [0.3, 0.4) is 0 Å². The standard InChI is InChI=1S/C17H20N2O2/c1-13(18-2)17(20)19-15-9-6-10-16(11-15)21-12-14-7-4-3-5-8-14/h3-11,13,18H,12H2,1-2H3,(H,19,20)/t13-/m0/s1. The van der Waals surface area contributed by atoms with Crippen molar-refractivity contribution in [2.75, 3.05) is 12.4 Å². The quantitative estimate of drug-likeness (QED) is 0.857. The summed E-state index contributed by atoms with van der Waals surface area (Å²) in [6.07, 6.45) is 0. The van der Waals surface area contributed by atoms with Gasteiger partial charge in [-0.25, -0.2) is 0 Å². The summed E-state index contributed by atoms with van der Waals surface area (Å²) in [5, 5.41) is 5.75. The lowest BCUT2D eigenvalue weighted by atomic mass is 10.2. The van der Waals surface area contributed by atoms with E-state index in [4.69, 9.17) is 4.74 Å². The summed E-state index contributed by atoms with van der Waals surface area (Å²) in [6, 6.07) is 17.1. The second kappa shape index (κ2) is 7.45. The van der Waals surface area contributed by atoms with Gasteiger partial charge in [-0.3, -0.25) is 4.79 Å². The maximum atomic E-state index is 11.8. The van der Waals surface area contributed by atoms with Crippen LogP contribution in [0.15, 0.2) is 54.6 Å². The van der Waals surface area contributed by atoms with Crippen LogP contribution >= 0.6 is 0 Å². The van der Waals surface area contributed by atoms with Crippen molar-refractivity contribution >= 4 is 11.6 Å². The van der Waals surface area contributed by atoms with Crippen LogP contribution in [0.5, 0.6) is 5.75 Å². The molecule has 2 rings (SSSR count). The molecule has 0 heterocycles. The zero-order chi connectivity index (χ0) is 15.1. The minimum absolute atomic E-state index is 0.0716. The van der Waals surface area contributed by atoms with E-state index < -0.39 is 0 Å². The highest BCUT2D eigenvalue weighted by Crippen LogP contribution is 2.18. The first kappa shape index (κ1) is 15.1. The number of nitrogens with one attached hydrogen (secondary N) is 2. The number of anilines is 1. The molecule has 0 fully saturated rings. The van der Waals surface area contributed by atoms with Crippen LogP contribution in [-0.4, -0.2) is 19.0 Å². The second-order valence-electron chi connectivity index (χ2n) is 4.80. The number of hydrogen-bond acceptors (Lipinski definition) is 3. The smallest absolute Gasteiger partial charge is 0.241 e. The minimum atomic E-state index is -0.237. The molecule has 0 aliphatic carbocycles. The highest BCUT2D eigenvalue weighted by molar-refractivity contribution is 5.94. The Kier molecular flexibility index (Phi) is 5.35. The lowest BCUT2D eigenvalue weighted by Gasteiger charge is -2.12. The molecular formula is C17H20N2O2. The normalized spacial score (nSPS) is 11.7. The number of carbonyl (C=O) groups is 1. The maximum absolute atomic E-state index is 11.8. The maximum Gasteiger partial charge on any atom is 0.241 e. The minimum Gasteiger partial charge on any atom is -0.489 e. The molecule has 0 aromatic heterocycles. The summed E-state index contributed by atoms with van der Waals surface area (Å²) in [5.74, 6) is 0.659. The van der Waals surface area contributed by atoms with E-state index in [-0.39, 0.29) is 11.9 Å². The Bertz CT molecular complexity index is 584. The average Bonchev–Trinajstić information content (AvgIpc) is 2.53. The van der Waals surface area contributed by atoms with Crippen molar-refractivity contribution < 1.29 is 9.53 Å². The molecule has 0 bridgehead atoms. The molecule has 21 heavy (non-hydrogen) atoms. The molecule has 0 radical (unpaired) electrons. The van der Waals surface area contributed by atoms with Gasteiger partial charge in [-0.2, -0.15) is 0 Å². The first-order valence-electron chi connectivity index (χ1n) is 6.94. The van der Waals surface area contributed by atoms with Crippen molar-refractivity contribution in [1.82, 2.24) is 5.32 Å². The SMILES string of the molecule is CN[C@@H](C)C(=O)Nc1cccc(OCc2ccccc2)c1. The van der Waals surface area contributed by atoms with Gasteiger partial charge in [-0.05, 0) is 31.7 Å². The fraction of sp³-hybridized carbons (Fsp3) is 0.235. The van der Waals surface area contributed by atoms with Crippen molar-refractivity contribution in [3.63, 3.8) is 0 Å². The van der Waals surface area contributed by atoms with Crippen LogP contribution in [0.2, 0.25) is 0 Å². The fourth-order valence-corrected chi connectivity index (χ4v) is 1.79. The molecular weight excluding hydrogens is 264 g/mol. The van der Waals surface area contributed by atoms with Crippen LogP contribution in [0, 0.1) is 0 Å². The number of ether oxygens (including phenoxy) is 1. The molecule has 0 saturated heterocycles. The van der Waals surface area contributed by atoms with Crippen molar-refractivity contribution in [1.29, 1.82) is 0 Å². The van der Waals surface area contributed by atoms with Gasteiger partial charge >= 0.3 is 0 Å². The summed E-state index contributed by atoms with van der Waals surface area (Å²) in [6.45, 7) is 2.32. The number of carbonyl (C=O) groups excluding carboxylic acids is 1. The number of amides is 1. The molecule has 1 atom stereocenters. The lowest BCUT2D eigenvalue weighted by Crippen LogP contribution is -2.35. The zero-order valence-corrected chi connectivity index (χ0v) is 12.3. The van der Waals surface area contributed by atoms with Crippen LogP contribution in [-0.2, 0) is 11.4 Å². The van der Waals surface area contributed by atoms with Crippen molar-refractivity contribution in [2.24, 2.45) is 0 Å². The second-order valence-corrected chi connectivity index (χ2v) is 4.80. The lowest BCUT2D eigenvalue weighted by molar-refractivity contribution is -0.117. The number of hydrogen-bond donors (Lipinski definition) is 2. The van der Waals surface area contributed by atoms with Gasteiger partial charge in [0.2, 0.25) is 5.91 Å². The highest BCUT2D eigenvalue weighted by Gasteiger charge is 2.10. The van der Waals surface area contributed by atoms with Gasteiger partial charge in [0.15, 0.2) is 0 Å². The van der Waals surface area contributed by atoms with E-state index in [1.54, 1.807) is 7.05 Å². The van der Waals surface area contributed by atoms with E-state index in [2.05, 4.69) is 10.6 Å². The third kappa shape index (κ3) is 4.61. The third-order valence-electron chi connectivity index (χ3n) is 3.18. The van der Waals surface area contributed by atoms with Crippen molar-refractivity contribution in [3.8, 4) is 5.75 Å². The number of likely N-dealkylation sites (N-methyl/N-ethyl adjacent to an activating group) is 1. The topological polar surface area (TPSA) is 50.4 Å². The predicted molar refractivity (Wildman–Crippen MR) is 84.4 cm³/mol. The van der Waals surface area contributed by atoms with Crippen LogP contribution < -0.4 is 15.4 Å². The molecule has 110 valence electrons. The Hall–Kier alpha value is -2.33. The molecule has 0 aliphatic heterocycles. The van der Waals surface area contributed by atoms with E-state index in [1.807, 2.05) is 61.5 Å². The third-order valence-corrected chi connectivity index (χ3v) is 3.18. The van der Waals surface area contributed by atoms with E-state index in [0.29, 0.717) is 6.61 Å². The van der Waals surface area contributed by atoms with E-state index in [9.17, 15) is 4.79 Å². The molecule has 2 aromatic rings. The number of benzene rings is 2. The van der Waals surface area contributed by atoms with Gasteiger partial charge < -0.3 is 15.4 Å². The monoisotopic (exact) mass is 284 g/mol. The van der Waals surface area contributed by atoms with Gasteiger partial charge in [0.25, 0.3) is 0 Å². The highest BCUT2D eigenvalue weighted by atomic mass is 16.5. The first-order valence-corrected chi connectivity index (χ1v) is 6.94. The van der Waals surface area contributed by atoms with E-state index >= 15 is 0 Å². The Labute approximate surface area is 125 Å². The molecule has 4 heteroatoms. The zero-order valence-electron chi connectivity index (χ0n) is 12.3. The summed E-state index contributed by atoms with van der Waals surface area (Å²) in [7, 11) is 1.75. The summed E-state index contributed by atoms with van der Waals surface area (Å²) >= 11 is 0. The van der Waals surface area contributed by atoms with E-state index in [0.717, 1.165) is 17.0 Å². The van der Waals surface area contributed by atoms with Crippen LogP contribution in [0.4, 0.5) is 5.69 Å². The average molecular weight is 284 g/mol. The van der Waals surface area contributed by atoms with Crippen LogP contribution in [0.25, 0.3) is 0 Å². The molecule has 2 aromatic carbocycles. The summed E-state index contributed by atoms with van der Waals surface area (Å²) < 4.78 is 5.73. The fourth-order valence-electron chi connectivity index (χ4n) is 1.79. The molecule has 0 spiro atoms. The Morgan fingerprint density at radius 3 is 2.62 bits per heavy atom. The molecule has 2 N–H and O–H groups in total. The van der Waals surface area contributed by atoms with Gasteiger partial charge in [-0.15, -0.1) is 0 Å². The molecule has 4 nitrogen and oxygen atoms in total. The molecule has 0 saturated carbocycles.